The van der Waals surface area contributed by atoms with Crippen LogP contribution in [-0.4, -0.2) is 6.03 Å². The summed E-state index contributed by atoms with van der Waals surface area (Å²) in [4.78, 5) is 11.7. The first-order chi connectivity index (χ1) is 10.1. The van der Waals surface area contributed by atoms with Crippen LogP contribution in [0.1, 0.15) is 22.3 Å². The average Bonchev–Trinajstić information content (AvgIpc) is 2.49. The maximum Gasteiger partial charge on any atom is 0.319 e. The van der Waals surface area contributed by atoms with E-state index >= 15 is 0 Å². The normalized spacial score (nSPS) is 10.6. The lowest BCUT2D eigenvalue weighted by molar-refractivity contribution is 0.244. The van der Waals surface area contributed by atoms with E-state index in [1.807, 2.05) is 68.5 Å². The van der Waals surface area contributed by atoms with Crippen molar-refractivity contribution >= 4 is 12.1 Å². The SMILES string of the molecule is Cc1ccc(CNC(=O)N/C=C/c2ccccc2C)cc1. The van der Waals surface area contributed by atoms with Gasteiger partial charge in [-0.3, -0.25) is 0 Å². The topological polar surface area (TPSA) is 41.1 Å². The van der Waals surface area contributed by atoms with Gasteiger partial charge in [0.15, 0.2) is 0 Å². The lowest BCUT2D eigenvalue weighted by Gasteiger charge is -2.05. The van der Waals surface area contributed by atoms with Gasteiger partial charge in [0.25, 0.3) is 0 Å². The number of rotatable bonds is 4. The minimum atomic E-state index is -0.208. The number of carbonyl (C=O) groups is 1. The predicted octanol–water partition coefficient (Wildman–Crippen LogP) is 3.77. The van der Waals surface area contributed by atoms with Gasteiger partial charge in [-0.05, 0) is 36.6 Å². The summed E-state index contributed by atoms with van der Waals surface area (Å²) in [6.45, 7) is 4.60. The van der Waals surface area contributed by atoms with Crippen LogP contribution in [-0.2, 0) is 6.54 Å². The molecule has 0 atom stereocenters. The molecule has 0 unspecified atom stereocenters. The first-order valence-corrected chi connectivity index (χ1v) is 6.97. The summed E-state index contributed by atoms with van der Waals surface area (Å²) in [5.74, 6) is 0. The average molecular weight is 280 g/mol. The molecule has 0 aliphatic rings. The molecule has 0 fully saturated rings. The quantitative estimate of drug-likeness (QED) is 0.879. The Kier molecular flexibility index (Phi) is 5.16. The molecule has 3 nitrogen and oxygen atoms in total. The monoisotopic (exact) mass is 280 g/mol. The van der Waals surface area contributed by atoms with Crippen molar-refractivity contribution in [3.05, 3.63) is 77.0 Å². The van der Waals surface area contributed by atoms with E-state index in [9.17, 15) is 4.79 Å². The molecule has 0 saturated heterocycles. The van der Waals surface area contributed by atoms with Gasteiger partial charge in [-0.2, -0.15) is 0 Å². The van der Waals surface area contributed by atoms with Crippen LogP contribution in [0, 0.1) is 13.8 Å². The highest BCUT2D eigenvalue weighted by atomic mass is 16.2. The molecule has 0 saturated carbocycles. The van der Waals surface area contributed by atoms with E-state index in [0.717, 1.165) is 11.1 Å². The zero-order valence-electron chi connectivity index (χ0n) is 12.4. The van der Waals surface area contributed by atoms with Crippen LogP contribution in [0.3, 0.4) is 0 Å². The summed E-state index contributed by atoms with van der Waals surface area (Å²) in [5, 5.41) is 5.53. The van der Waals surface area contributed by atoms with E-state index in [1.54, 1.807) is 6.20 Å². The minimum Gasteiger partial charge on any atom is -0.334 e. The third kappa shape index (κ3) is 4.80. The molecule has 0 heterocycles. The summed E-state index contributed by atoms with van der Waals surface area (Å²) in [6.07, 6.45) is 3.55. The van der Waals surface area contributed by atoms with Gasteiger partial charge >= 0.3 is 6.03 Å². The van der Waals surface area contributed by atoms with E-state index in [0.29, 0.717) is 6.54 Å². The van der Waals surface area contributed by atoms with Crippen molar-refractivity contribution < 1.29 is 4.79 Å². The first-order valence-electron chi connectivity index (χ1n) is 6.97. The highest BCUT2D eigenvalue weighted by Crippen LogP contribution is 2.08. The first kappa shape index (κ1) is 14.9. The van der Waals surface area contributed by atoms with Crippen LogP contribution in [0.4, 0.5) is 4.79 Å². The van der Waals surface area contributed by atoms with Crippen molar-refractivity contribution in [3.8, 4) is 0 Å². The molecule has 0 aliphatic carbocycles. The van der Waals surface area contributed by atoms with E-state index in [4.69, 9.17) is 0 Å². The molecule has 0 aromatic heterocycles. The lowest BCUT2D eigenvalue weighted by Crippen LogP contribution is -2.31. The summed E-state index contributed by atoms with van der Waals surface area (Å²) in [7, 11) is 0. The van der Waals surface area contributed by atoms with Crippen LogP contribution < -0.4 is 10.6 Å². The Hall–Kier alpha value is -2.55. The van der Waals surface area contributed by atoms with Crippen molar-refractivity contribution in [2.45, 2.75) is 20.4 Å². The van der Waals surface area contributed by atoms with Crippen LogP contribution in [0.5, 0.6) is 0 Å². The Bertz CT molecular complexity index is 630. The maximum atomic E-state index is 11.7. The van der Waals surface area contributed by atoms with Gasteiger partial charge in [-0.1, -0.05) is 54.1 Å². The lowest BCUT2D eigenvalue weighted by atomic mass is 10.1. The molecule has 0 aliphatic heterocycles. The molecule has 2 aromatic rings. The molecular weight excluding hydrogens is 260 g/mol. The van der Waals surface area contributed by atoms with E-state index in [1.165, 1.54) is 11.1 Å². The van der Waals surface area contributed by atoms with Crippen LogP contribution in [0.25, 0.3) is 6.08 Å². The number of aryl methyl sites for hydroxylation is 2. The number of nitrogens with one attached hydrogen (secondary N) is 2. The molecule has 0 radical (unpaired) electrons. The molecule has 3 heteroatoms. The van der Waals surface area contributed by atoms with Crippen LogP contribution in [0.2, 0.25) is 0 Å². The molecule has 2 rings (SSSR count). The molecule has 2 aromatic carbocycles. The summed E-state index contributed by atoms with van der Waals surface area (Å²) >= 11 is 0. The number of hydrogen-bond acceptors (Lipinski definition) is 1. The molecule has 0 spiro atoms. The van der Waals surface area contributed by atoms with Crippen LogP contribution in [0.15, 0.2) is 54.7 Å². The van der Waals surface area contributed by atoms with Gasteiger partial charge in [0.1, 0.15) is 0 Å². The molecule has 21 heavy (non-hydrogen) atoms. The second kappa shape index (κ2) is 7.29. The Labute approximate surface area is 125 Å². The second-order valence-corrected chi connectivity index (χ2v) is 5.00. The van der Waals surface area contributed by atoms with E-state index in [2.05, 4.69) is 10.6 Å². The fraction of sp³-hybridized carbons (Fsp3) is 0.167. The van der Waals surface area contributed by atoms with Crippen molar-refractivity contribution in [1.82, 2.24) is 10.6 Å². The van der Waals surface area contributed by atoms with Gasteiger partial charge in [-0.15, -0.1) is 0 Å². The minimum absolute atomic E-state index is 0.208. The second-order valence-electron chi connectivity index (χ2n) is 5.00. The van der Waals surface area contributed by atoms with E-state index < -0.39 is 0 Å². The number of carbonyl (C=O) groups excluding carboxylic acids is 1. The Morgan fingerprint density at radius 2 is 1.76 bits per heavy atom. The summed E-state index contributed by atoms with van der Waals surface area (Å²) in [5.41, 5.74) is 4.56. The Morgan fingerprint density at radius 3 is 2.48 bits per heavy atom. The molecule has 0 bridgehead atoms. The maximum absolute atomic E-state index is 11.7. The Balaban J connectivity index is 1.80. The van der Waals surface area contributed by atoms with Crippen molar-refractivity contribution in [3.63, 3.8) is 0 Å². The molecule has 2 N–H and O–H groups in total. The van der Waals surface area contributed by atoms with E-state index in [-0.39, 0.29) is 6.03 Å². The van der Waals surface area contributed by atoms with Crippen LogP contribution >= 0.6 is 0 Å². The van der Waals surface area contributed by atoms with Gasteiger partial charge in [0.2, 0.25) is 0 Å². The summed E-state index contributed by atoms with van der Waals surface area (Å²) < 4.78 is 0. The third-order valence-electron chi connectivity index (χ3n) is 3.24. The fourth-order valence-corrected chi connectivity index (χ4v) is 1.92. The largest absolute Gasteiger partial charge is 0.334 e. The smallest absolute Gasteiger partial charge is 0.319 e. The highest BCUT2D eigenvalue weighted by molar-refractivity contribution is 5.76. The van der Waals surface area contributed by atoms with Gasteiger partial charge in [-0.25, -0.2) is 4.79 Å². The number of urea groups is 1. The molecule has 108 valence electrons. The van der Waals surface area contributed by atoms with Gasteiger partial charge in [0.05, 0.1) is 0 Å². The zero-order chi connectivity index (χ0) is 15.1. The predicted molar refractivity (Wildman–Crippen MR) is 86.8 cm³/mol. The van der Waals surface area contributed by atoms with Gasteiger partial charge in [0, 0.05) is 12.7 Å². The third-order valence-corrected chi connectivity index (χ3v) is 3.24. The molecular formula is C18H20N2O. The van der Waals surface area contributed by atoms with Crippen molar-refractivity contribution in [2.24, 2.45) is 0 Å². The van der Waals surface area contributed by atoms with Gasteiger partial charge < -0.3 is 10.6 Å². The number of hydrogen-bond donors (Lipinski definition) is 2. The Morgan fingerprint density at radius 1 is 1.05 bits per heavy atom. The molecule has 2 amide bonds. The van der Waals surface area contributed by atoms with Crippen molar-refractivity contribution in [1.29, 1.82) is 0 Å². The number of amides is 2. The number of benzene rings is 2. The summed E-state index contributed by atoms with van der Waals surface area (Å²) in [6, 6.07) is 15.9. The standard InChI is InChI=1S/C18H20N2O/c1-14-7-9-16(10-8-14)13-20-18(21)19-12-11-17-6-4-3-5-15(17)2/h3-12H,13H2,1-2H3,(H2,19,20,21)/b12-11+. The fourth-order valence-electron chi connectivity index (χ4n) is 1.92. The highest BCUT2D eigenvalue weighted by Gasteiger charge is 1.98. The zero-order valence-corrected chi connectivity index (χ0v) is 12.4. The van der Waals surface area contributed by atoms with Crippen molar-refractivity contribution in [2.75, 3.05) is 0 Å².